The minimum absolute atomic E-state index is 0.0359. The molecule has 1 N–H and O–H groups in total. The van der Waals surface area contributed by atoms with E-state index in [1.54, 1.807) is 0 Å². The first-order valence-electron chi connectivity index (χ1n) is 7.17. The molecule has 0 aliphatic rings. The van der Waals surface area contributed by atoms with E-state index in [0.29, 0.717) is 16.0 Å². The molecular formula is C15H6F3N3O6S-2. The molecule has 0 fully saturated rings. The first kappa shape index (κ1) is 19.2. The molecule has 2 heterocycles. The first-order chi connectivity index (χ1) is 13.0. The van der Waals surface area contributed by atoms with Gasteiger partial charge in [-0.3, -0.25) is 4.79 Å². The van der Waals surface area contributed by atoms with Crippen LogP contribution in [0.3, 0.4) is 0 Å². The van der Waals surface area contributed by atoms with Crippen molar-refractivity contribution in [2.45, 2.75) is 6.36 Å². The fourth-order valence-electron chi connectivity index (χ4n) is 2.22. The molecule has 3 rings (SSSR count). The molecule has 2 aromatic heterocycles. The first-order valence-corrected chi connectivity index (χ1v) is 7.99. The topological polar surface area (TPSA) is 136 Å². The van der Waals surface area contributed by atoms with Crippen molar-refractivity contribution in [3.05, 3.63) is 40.8 Å². The number of aromatic nitrogens is 2. The van der Waals surface area contributed by atoms with Gasteiger partial charge in [0.2, 0.25) is 0 Å². The number of alkyl halides is 3. The zero-order chi connectivity index (χ0) is 20.6. The second-order valence-corrected chi connectivity index (χ2v) is 6.22. The lowest BCUT2D eigenvalue weighted by atomic mass is 10.2. The molecule has 0 saturated heterocycles. The van der Waals surface area contributed by atoms with Crippen molar-refractivity contribution in [2.75, 3.05) is 5.32 Å². The number of halogens is 3. The lowest BCUT2D eigenvalue weighted by Crippen LogP contribution is -2.29. The third-order valence-corrected chi connectivity index (χ3v) is 4.42. The Balaban J connectivity index is 1.88. The van der Waals surface area contributed by atoms with E-state index in [9.17, 15) is 37.8 Å². The molecule has 0 saturated carbocycles. The second-order valence-electron chi connectivity index (χ2n) is 5.17. The molecule has 0 aliphatic heterocycles. The Kier molecular flexibility index (Phi) is 4.68. The maximum atomic E-state index is 12.3. The standard InChI is InChI=1S/C15H8F3N3O6S/c16-15(17,18)27-7-3-1-6(2-4-7)12(22)19-11-10-8(21(20-11)14(25)26)5-9(28-10)13(23)24/h1-5H,(H,23,24)(H,25,26)(H,19,20,22)/p-2. The number of nitrogens with one attached hydrogen (secondary N) is 1. The molecule has 0 unspecified atom stereocenters. The third-order valence-electron chi connectivity index (χ3n) is 3.31. The van der Waals surface area contributed by atoms with Crippen LogP contribution >= 0.6 is 11.3 Å². The van der Waals surface area contributed by atoms with Crippen LogP contribution in [0.25, 0.3) is 10.2 Å². The van der Waals surface area contributed by atoms with Crippen molar-refractivity contribution in [1.82, 2.24) is 9.78 Å². The Hall–Kier alpha value is -3.61. The Labute approximate surface area is 156 Å². The molecule has 0 radical (unpaired) electrons. The maximum absolute atomic E-state index is 12.3. The van der Waals surface area contributed by atoms with Crippen LogP contribution in [0.15, 0.2) is 30.3 Å². The van der Waals surface area contributed by atoms with Crippen molar-refractivity contribution >= 4 is 45.3 Å². The van der Waals surface area contributed by atoms with Crippen LogP contribution < -0.4 is 20.3 Å². The highest BCUT2D eigenvalue weighted by Gasteiger charge is 2.31. The van der Waals surface area contributed by atoms with E-state index >= 15 is 0 Å². The van der Waals surface area contributed by atoms with Crippen molar-refractivity contribution < 1.29 is 42.5 Å². The van der Waals surface area contributed by atoms with E-state index in [-0.39, 0.29) is 26.5 Å². The SMILES string of the molecule is O=C(Nc1nn(C(=O)[O-])c2cc(C(=O)[O-])sc12)c1ccc(OC(F)(F)F)cc1. The molecule has 146 valence electrons. The number of fused-ring (bicyclic) bond motifs is 1. The van der Waals surface area contributed by atoms with Crippen molar-refractivity contribution in [2.24, 2.45) is 0 Å². The molecule has 28 heavy (non-hydrogen) atoms. The number of hydrogen-bond acceptors (Lipinski definition) is 8. The third kappa shape index (κ3) is 3.88. The summed E-state index contributed by atoms with van der Waals surface area (Å²) in [4.78, 5) is 34.1. The summed E-state index contributed by atoms with van der Waals surface area (Å²) in [6.45, 7) is 0. The fourth-order valence-corrected chi connectivity index (χ4v) is 3.13. The van der Waals surface area contributed by atoms with Crippen LogP contribution in [0.4, 0.5) is 23.8 Å². The number of amides is 1. The highest BCUT2D eigenvalue weighted by molar-refractivity contribution is 7.21. The minimum Gasteiger partial charge on any atom is -0.544 e. The maximum Gasteiger partial charge on any atom is 0.573 e. The van der Waals surface area contributed by atoms with Crippen LogP contribution in [-0.2, 0) is 0 Å². The summed E-state index contributed by atoms with van der Waals surface area (Å²) in [5.74, 6) is -3.18. The quantitative estimate of drug-likeness (QED) is 0.668. The van der Waals surface area contributed by atoms with E-state index in [1.807, 2.05) is 0 Å². The molecule has 0 spiro atoms. The summed E-state index contributed by atoms with van der Waals surface area (Å²) in [6.07, 6.45) is -6.65. The number of nitrogens with zero attached hydrogens (tertiary/aromatic N) is 2. The number of anilines is 1. The average Bonchev–Trinajstić information content (AvgIpc) is 3.14. The van der Waals surface area contributed by atoms with Crippen molar-refractivity contribution in [1.29, 1.82) is 0 Å². The van der Waals surface area contributed by atoms with Gasteiger partial charge in [0.25, 0.3) is 5.91 Å². The Morgan fingerprint density at radius 1 is 1.14 bits per heavy atom. The molecule has 3 aromatic rings. The number of carbonyl (C=O) groups is 3. The van der Waals surface area contributed by atoms with Gasteiger partial charge < -0.3 is 29.9 Å². The van der Waals surface area contributed by atoms with Gasteiger partial charge in [-0.05, 0) is 30.3 Å². The largest absolute Gasteiger partial charge is 0.573 e. The number of benzene rings is 1. The number of thiophene rings is 1. The van der Waals surface area contributed by atoms with E-state index in [2.05, 4.69) is 15.2 Å². The van der Waals surface area contributed by atoms with Crippen LogP contribution in [-0.4, -0.2) is 34.1 Å². The summed E-state index contributed by atoms with van der Waals surface area (Å²) in [6, 6.07) is 4.92. The van der Waals surface area contributed by atoms with Crippen molar-refractivity contribution in [3.8, 4) is 5.75 Å². The van der Waals surface area contributed by atoms with E-state index < -0.39 is 30.1 Å². The molecule has 1 amide bonds. The monoisotopic (exact) mass is 413 g/mol. The lowest BCUT2D eigenvalue weighted by Gasteiger charge is -2.09. The number of carbonyl (C=O) groups excluding carboxylic acids is 3. The normalized spacial score (nSPS) is 11.4. The van der Waals surface area contributed by atoms with Gasteiger partial charge >= 0.3 is 6.36 Å². The zero-order valence-corrected chi connectivity index (χ0v) is 14.1. The summed E-state index contributed by atoms with van der Waals surface area (Å²) in [7, 11) is 0. The van der Waals surface area contributed by atoms with Crippen molar-refractivity contribution in [3.63, 3.8) is 0 Å². The van der Waals surface area contributed by atoms with Gasteiger partial charge in [0.05, 0.1) is 21.1 Å². The van der Waals surface area contributed by atoms with Crippen LogP contribution in [0.1, 0.15) is 20.0 Å². The van der Waals surface area contributed by atoms with Gasteiger partial charge in [-0.25, -0.2) is 4.68 Å². The Morgan fingerprint density at radius 2 is 1.79 bits per heavy atom. The molecule has 1 aromatic carbocycles. The summed E-state index contributed by atoms with van der Waals surface area (Å²) >= 11 is 0.620. The summed E-state index contributed by atoms with van der Waals surface area (Å²) < 4.78 is 40.6. The van der Waals surface area contributed by atoms with Crippen LogP contribution in [0, 0.1) is 0 Å². The van der Waals surface area contributed by atoms with Gasteiger partial charge in [0.1, 0.15) is 5.75 Å². The van der Waals surface area contributed by atoms with Crippen LogP contribution in [0.2, 0.25) is 0 Å². The fraction of sp³-hybridized carbons (Fsp3) is 0.0667. The number of aromatic carboxylic acids is 1. The Bertz CT molecular complexity index is 1090. The average molecular weight is 413 g/mol. The second kappa shape index (κ2) is 6.84. The smallest absolute Gasteiger partial charge is 0.544 e. The molecular weight excluding hydrogens is 407 g/mol. The zero-order valence-electron chi connectivity index (χ0n) is 13.3. The minimum atomic E-state index is -4.89. The molecule has 9 nitrogen and oxygen atoms in total. The van der Waals surface area contributed by atoms with Gasteiger partial charge in [0.15, 0.2) is 11.9 Å². The predicted octanol–water partition coefficient (Wildman–Crippen LogP) is 0.804. The van der Waals surface area contributed by atoms with E-state index in [0.717, 1.165) is 30.3 Å². The van der Waals surface area contributed by atoms with Gasteiger partial charge in [0, 0.05) is 5.56 Å². The Morgan fingerprint density at radius 3 is 2.32 bits per heavy atom. The summed E-state index contributed by atoms with van der Waals surface area (Å²) in [5, 5.41) is 28.0. The van der Waals surface area contributed by atoms with Gasteiger partial charge in [-0.15, -0.1) is 29.6 Å². The highest BCUT2D eigenvalue weighted by atomic mass is 32.1. The number of hydrogen-bond donors (Lipinski definition) is 1. The number of carboxylic acid groups (broad SMARTS) is 2. The van der Waals surface area contributed by atoms with Crippen LogP contribution in [0.5, 0.6) is 5.75 Å². The highest BCUT2D eigenvalue weighted by Crippen LogP contribution is 2.32. The molecule has 0 aliphatic carbocycles. The van der Waals surface area contributed by atoms with Gasteiger partial charge in [-0.1, -0.05) is 0 Å². The number of ether oxygens (including phenoxy) is 1. The van der Waals surface area contributed by atoms with Gasteiger partial charge in [-0.2, -0.15) is 0 Å². The summed E-state index contributed by atoms with van der Waals surface area (Å²) in [5.41, 5.74) is -0.212. The predicted molar refractivity (Wildman–Crippen MR) is 83.8 cm³/mol. The number of carboxylic acids is 1. The lowest BCUT2D eigenvalue weighted by molar-refractivity contribution is -0.274. The molecule has 0 bridgehead atoms. The molecule has 13 heteroatoms. The van der Waals surface area contributed by atoms with E-state index in [1.165, 1.54) is 0 Å². The number of rotatable bonds is 4. The van der Waals surface area contributed by atoms with E-state index in [4.69, 9.17) is 0 Å². The molecule has 0 atom stereocenters.